The molecule has 1 aliphatic heterocycles. The van der Waals surface area contributed by atoms with Crippen LogP contribution in [0.5, 0.6) is 5.75 Å². The number of phenols is 1. The number of hydrogen-bond acceptors (Lipinski definition) is 5. The van der Waals surface area contributed by atoms with E-state index in [-0.39, 0.29) is 29.3 Å². The first kappa shape index (κ1) is 16.4. The molecule has 0 aliphatic carbocycles. The minimum Gasteiger partial charge on any atom is -0.504 e. The Morgan fingerprint density at radius 1 is 1.45 bits per heavy atom. The zero-order valence-electron chi connectivity index (χ0n) is 11.3. The number of carbonyl (C=O) groups excluding carboxylic acids is 1. The number of halogens is 1. The van der Waals surface area contributed by atoms with Gasteiger partial charge in [-0.2, -0.15) is 0 Å². The molecule has 1 amide bonds. The average molecular weight is 341 g/mol. The highest BCUT2D eigenvalue weighted by molar-refractivity contribution is 8.26. The summed E-state index contributed by atoms with van der Waals surface area (Å²) in [6.45, 7) is 0.212. The van der Waals surface area contributed by atoms with E-state index < -0.39 is 17.5 Å². The number of benzene rings is 1. The number of thioether (sulfide) groups is 1. The zero-order chi connectivity index (χ0) is 16.3. The number of aliphatic carboxylic acids is 1. The summed E-state index contributed by atoms with van der Waals surface area (Å²) >= 11 is 6.13. The maximum absolute atomic E-state index is 13.3. The van der Waals surface area contributed by atoms with Crippen molar-refractivity contribution in [3.8, 4) is 5.75 Å². The van der Waals surface area contributed by atoms with E-state index >= 15 is 0 Å². The fourth-order valence-corrected chi connectivity index (χ4v) is 3.17. The summed E-state index contributed by atoms with van der Waals surface area (Å²) < 4.78 is 13.6. The van der Waals surface area contributed by atoms with E-state index in [9.17, 15) is 19.1 Å². The van der Waals surface area contributed by atoms with Gasteiger partial charge in [0.15, 0.2) is 11.6 Å². The molecular formula is C14H12FNO4S2. The van der Waals surface area contributed by atoms with Gasteiger partial charge in [0.2, 0.25) is 0 Å². The fraction of sp³-hybridized carbons (Fsp3) is 0.214. The number of aromatic hydroxyl groups is 1. The first-order valence-corrected chi connectivity index (χ1v) is 7.57. The molecule has 0 bridgehead atoms. The van der Waals surface area contributed by atoms with Crippen LogP contribution in [0.1, 0.15) is 18.4 Å². The number of phenolic OH excluding ortho intramolecular Hbond substituents is 1. The minimum atomic E-state index is -0.939. The van der Waals surface area contributed by atoms with Crippen molar-refractivity contribution in [2.75, 3.05) is 6.54 Å². The maximum Gasteiger partial charge on any atom is 0.303 e. The van der Waals surface area contributed by atoms with Crippen LogP contribution in [0.2, 0.25) is 0 Å². The predicted molar refractivity (Wildman–Crippen MR) is 84.8 cm³/mol. The first-order chi connectivity index (χ1) is 10.4. The van der Waals surface area contributed by atoms with Crippen LogP contribution in [0, 0.1) is 5.82 Å². The molecule has 1 aromatic rings. The molecule has 8 heteroatoms. The molecule has 1 aromatic carbocycles. The summed E-state index contributed by atoms with van der Waals surface area (Å²) in [6, 6.07) is 4.02. The van der Waals surface area contributed by atoms with Crippen molar-refractivity contribution in [3.05, 3.63) is 34.5 Å². The van der Waals surface area contributed by atoms with Crippen LogP contribution < -0.4 is 0 Å². The van der Waals surface area contributed by atoms with E-state index in [1.54, 1.807) is 0 Å². The Bertz CT molecular complexity index is 675. The van der Waals surface area contributed by atoms with Crippen molar-refractivity contribution in [1.29, 1.82) is 0 Å². The van der Waals surface area contributed by atoms with Gasteiger partial charge in [-0.25, -0.2) is 4.39 Å². The minimum absolute atomic E-state index is 0.0548. The lowest BCUT2D eigenvalue weighted by molar-refractivity contribution is -0.137. The van der Waals surface area contributed by atoms with Gasteiger partial charge >= 0.3 is 5.97 Å². The quantitative estimate of drug-likeness (QED) is 0.633. The number of rotatable bonds is 5. The molecule has 0 spiro atoms. The molecule has 5 nitrogen and oxygen atoms in total. The Kier molecular flexibility index (Phi) is 5.15. The third-order valence-electron chi connectivity index (χ3n) is 2.95. The predicted octanol–water partition coefficient (Wildman–Crippen LogP) is 2.60. The van der Waals surface area contributed by atoms with E-state index in [0.717, 1.165) is 17.8 Å². The molecule has 0 atom stereocenters. The van der Waals surface area contributed by atoms with Gasteiger partial charge in [0.25, 0.3) is 5.91 Å². The Morgan fingerprint density at radius 2 is 2.18 bits per heavy atom. The van der Waals surface area contributed by atoms with Gasteiger partial charge < -0.3 is 10.2 Å². The topological polar surface area (TPSA) is 77.8 Å². The molecule has 1 fully saturated rings. The maximum atomic E-state index is 13.3. The Hall–Kier alpha value is -1.93. The second-order valence-electron chi connectivity index (χ2n) is 4.51. The van der Waals surface area contributed by atoms with Crippen LogP contribution in [0.15, 0.2) is 23.1 Å². The first-order valence-electron chi connectivity index (χ1n) is 6.35. The summed E-state index contributed by atoms with van der Waals surface area (Å²) in [7, 11) is 0. The number of hydrogen-bond donors (Lipinski definition) is 2. The van der Waals surface area contributed by atoms with Gasteiger partial charge in [0.1, 0.15) is 4.32 Å². The Morgan fingerprint density at radius 3 is 2.86 bits per heavy atom. The summed E-state index contributed by atoms with van der Waals surface area (Å²) in [5.74, 6) is -2.61. The molecule has 0 radical (unpaired) electrons. The van der Waals surface area contributed by atoms with Gasteiger partial charge in [0, 0.05) is 18.5 Å². The average Bonchev–Trinajstić information content (AvgIpc) is 2.71. The van der Waals surface area contributed by atoms with E-state index in [1.807, 2.05) is 0 Å². The SMILES string of the molecule is O=C(O)CCCN1C(=O)/C(=C/c2cccc(F)c2O)SC1=S. The number of nitrogens with zero attached hydrogens (tertiary/aromatic N) is 1. The fourth-order valence-electron chi connectivity index (χ4n) is 1.87. The number of carboxylic acid groups (broad SMARTS) is 1. The van der Waals surface area contributed by atoms with Crippen molar-refractivity contribution >= 4 is 46.3 Å². The number of para-hydroxylation sites is 1. The molecule has 0 unspecified atom stereocenters. The number of carbonyl (C=O) groups is 2. The molecule has 2 rings (SSSR count). The molecule has 1 saturated heterocycles. The molecule has 22 heavy (non-hydrogen) atoms. The van der Waals surface area contributed by atoms with Crippen LogP contribution in [0.3, 0.4) is 0 Å². The third kappa shape index (κ3) is 3.63. The standard InChI is InChI=1S/C14H12FNO4S2/c15-9-4-1-3-8(12(9)19)7-10-13(20)16(14(21)22-10)6-2-5-11(17)18/h1,3-4,7,19H,2,5-6H2,(H,17,18)/b10-7-. The molecule has 116 valence electrons. The number of thiocarbonyl (C=S) groups is 1. The Labute approximate surface area is 135 Å². The monoisotopic (exact) mass is 341 g/mol. The summed E-state index contributed by atoms with van der Waals surface area (Å²) in [5, 5.41) is 18.2. The van der Waals surface area contributed by atoms with Crippen LogP contribution in [0.4, 0.5) is 4.39 Å². The highest BCUT2D eigenvalue weighted by atomic mass is 32.2. The molecular weight excluding hydrogens is 329 g/mol. The molecule has 1 aliphatic rings. The van der Waals surface area contributed by atoms with E-state index in [2.05, 4.69) is 0 Å². The smallest absolute Gasteiger partial charge is 0.303 e. The van der Waals surface area contributed by atoms with E-state index in [0.29, 0.717) is 10.7 Å². The summed E-state index contributed by atoms with van der Waals surface area (Å²) in [6.07, 6.45) is 1.61. The highest BCUT2D eigenvalue weighted by Crippen LogP contribution is 2.34. The summed E-state index contributed by atoms with van der Waals surface area (Å²) in [4.78, 5) is 24.3. The number of carboxylic acids is 1. The van der Waals surface area contributed by atoms with Gasteiger partial charge in [-0.15, -0.1) is 0 Å². The van der Waals surface area contributed by atoms with E-state index in [4.69, 9.17) is 17.3 Å². The third-order valence-corrected chi connectivity index (χ3v) is 4.33. The molecule has 0 aromatic heterocycles. The second kappa shape index (κ2) is 6.89. The van der Waals surface area contributed by atoms with Crippen molar-refractivity contribution in [1.82, 2.24) is 4.90 Å². The Balaban J connectivity index is 2.15. The number of amides is 1. The van der Waals surface area contributed by atoms with Crippen LogP contribution >= 0.6 is 24.0 Å². The zero-order valence-corrected chi connectivity index (χ0v) is 12.9. The second-order valence-corrected chi connectivity index (χ2v) is 6.18. The van der Waals surface area contributed by atoms with Crippen LogP contribution in [-0.2, 0) is 9.59 Å². The molecule has 1 heterocycles. The lowest BCUT2D eigenvalue weighted by Crippen LogP contribution is -2.29. The van der Waals surface area contributed by atoms with Gasteiger partial charge in [-0.05, 0) is 18.6 Å². The molecule has 2 N–H and O–H groups in total. The summed E-state index contributed by atoms with van der Waals surface area (Å²) in [5.41, 5.74) is 0.186. The van der Waals surface area contributed by atoms with Crippen LogP contribution in [0.25, 0.3) is 6.08 Å². The lowest BCUT2D eigenvalue weighted by Gasteiger charge is -2.13. The van der Waals surface area contributed by atoms with Gasteiger partial charge in [0.05, 0.1) is 4.91 Å². The van der Waals surface area contributed by atoms with Crippen LogP contribution in [-0.4, -0.2) is 37.9 Å². The van der Waals surface area contributed by atoms with Crippen molar-refractivity contribution < 1.29 is 24.2 Å². The highest BCUT2D eigenvalue weighted by Gasteiger charge is 2.31. The lowest BCUT2D eigenvalue weighted by atomic mass is 10.1. The van der Waals surface area contributed by atoms with Crippen molar-refractivity contribution in [2.24, 2.45) is 0 Å². The van der Waals surface area contributed by atoms with Gasteiger partial charge in [-0.1, -0.05) is 36.1 Å². The van der Waals surface area contributed by atoms with Crippen molar-refractivity contribution in [2.45, 2.75) is 12.8 Å². The normalized spacial score (nSPS) is 16.6. The largest absolute Gasteiger partial charge is 0.504 e. The van der Waals surface area contributed by atoms with Crippen molar-refractivity contribution in [3.63, 3.8) is 0 Å². The van der Waals surface area contributed by atoms with Gasteiger partial charge in [-0.3, -0.25) is 14.5 Å². The van der Waals surface area contributed by atoms with E-state index in [1.165, 1.54) is 23.1 Å². The molecule has 0 saturated carbocycles.